The van der Waals surface area contributed by atoms with E-state index in [9.17, 15) is 9.90 Å². The number of aromatic nitrogens is 2. The maximum atomic E-state index is 13.7. The van der Waals surface area contributed by atoms with Crippen molar-refractivity contribution in [1.29, 1.82) is 0 Å². The van der Waals surface area contributed by atoms with Crippen LogP contribution in [0.3, 0.4) is 0 Å². The number of hydrogen-bond acceptors (Lipinski definition) is 7. The molecule has 0 aliphatic heterocycles. The van der Waals surface area contributed by atoms with Crippen LogP contribution in [0.1, 0.15) is 15.9 Å². The number of H-pyrrole nitrogens is 1. The predicted molar refractivity (Wildman–Crippen MR) is 152 cm³/mol. The van der Waals surface area contributed by atoms with Crippen LogP contribution in [0.25, 0.3) is 33.1 Å². The lowest BCUT2D eigenvalue weighted by atomic mass is 10.0. The first-order chi connectivity index (χ1) is 18.9. The Morgan fingerprint density at radius 1 is 1.00 bits per heavy atom. The van der Waals surface area contributed by atoms with Gasteiger partial charge in [-0.1, -0.05) is 18.2 Å². The number of aromatic amines is 1. The number of nitrogen functional groups attached to an aromatic ring is 1. The van der Waals surface area contributed by atoms with Crippen molar-refractivity contribution in [3.05, 3.63) is 78.0 Å². The Morgan fingerprint density at radius 2 is 1.74 bits per heavy atom. The third-order valence-corrected chi connectivity index (χ3v) is 6.73. The monoisotopic (exact) mass is 526 g/mol. The van der Waals surface area contributed by atoms with E-state index in [1.807, 2.05) is 30.5 Å². The Labute approximate surface area is 225 Å². The average Bonchev–Trinajstić information content (AvgIpc) is 3.37. The number of benzene rings is 3. The average molecular weight is 527 g/mol. The van der Waals surface area contributed by atoms with Gasteiger partial charge < -0.3 is 35.4 Å². The van der Waals surface area contributed by atoms with Crippen molar-refractivity contribution in [2.75, 3.05) is 33.7 Å². The van der Waals surface area contributed by atoms with E-state index in [-0.39, 0.29) is 12.5 Å². The van der Waals surface area contributed by atoms with Gasteiger partial charge in [-0.3, -0.25) is 4.79 Å². The largest absolute Gasteiger partial charge is 0.493 e. The molecule has 2 aromatic heterocycles. The van der Waals surface area contributed by atoms with Crippen LogP contribution in [-0.2, 0) is 6.42 Å². The number of para-hydroxylation sites is 1. The van der Waals surface area contributed by atoms with Crippen molar-refractivity contribution in [1.82, 2.24) is 15.3 Å². The molecule has 9 nitrogen and oxygen atoms in total. The van der Waals surface area contributed by atoms with Crippen LogP contribution in [0, 0.1) is 0 Å². The highest BCUT2D eigenvalue weighted by atomic mass is 16.5. The number of methoxy groups -OCH3 is 3. The number of nitrogens with two attached hydrogens (primary N) is 1. The van der Waals surface area contributed by atoms with Gasteiger partial charge in [0.05, 0.1) is 50.8 Å². The van der Waals surface area contributed by atoms with E-state index in [2.05, 4.69) is 10.3 Å². The molecule has 0 saturated heterocycles. The van der Waals surface area contributed by atoms with Crippen LogP contribution in [0.4, 0.5) is 5.69 Å². The molecule has 5 rings (SSSR count). The van der Waals surface area contributed by atoms with Crippen molar-refractivity contribution >= 4 is 33.4 Å². The lowest BCUT2D eigenvalue weighted by Gasteiger charge is -2.18. The molecule has 0 aliphatic rings. The zero-order valence-electron chi connectivity index (χ0n) is 21.9. The quantitative estimate of drug-likeness (QED) is 0.210. The van der Waals surface area contributed by atoms with Crippen LogP contribution in [0.15, 0.2) is 66.9 Å². The van der Waals surface area contributed by atoms with Crippen LogP contribution < -0.4 is 25.3 Å². The first-order valence-corrected chi connectivity index (χ1v) is 12.4. The van der Waals surface area contributed by atoms with E-state index < -0.39 is 6.04 Å². The number of amides is 1. The summed E-state index contributed by atoms with van der Waals surface area (Å²) in [4.78, 5) is 21.7. The summed E-state index contributed by atoms with van der Waals surface area (Å²) in [5.41, 5.74) is 10.8. The summed E-state index contributed by atoms with van der Waals surface area (Å²) < 4.78 is 16.5. The highest BCUT2D eigenvalue weighted by molar-refractivity contribution is 6.08. The molecule has 2 heterocycles. The number of anilines is 1. The summed E-state index contributed by atoms with van der Waals surface area (Å²) in [5, 5.41) is 14.8. The minimum absolute atomic E-state index is 0.226. The zero-order valence-corrected chi connectivity index (χ0v) is 21.9. The number of fused-ring (bicyclic) bond motifs is 2. The highest BCUT2D eigenvalue weighted by Gasteiger charge is 2.21. The Hall–Kier alpha value is -4.76. The molecule has 0 fully saturated rings. The molecule has 0 unspecified atom stereocenters. The van der Waals surface area contributed by atoms with Crippen LogP contribution in [0.2, 0.25) is 0 Å². The summed E-state index contributed by atoms with van der Waals surface area (Å²) >= 11 is 0. The maximum Gasteiger partial charge on any atom is 0.252 e. The van der Waals surface area contributed by atoms with Crippen molar-refractivity contribution < 1.29 is 24.1 Å². The van der Waals surface area contributed by atoms with Crippen molar-refractivity contribution in [3.8, 4) is 28.5 Å². The first kappa shape index (κ1) is 25.9. The second-order valence-corrected chi connectivity index (χ2v) is 9.16. The Kier molecular flexibility index (Phi) is 7.25. The third-order valence-electron chi connectivity index (χ3n) is 6.73. The number of pyridine rings is 1. The molecule has 5 aromatic rings. The molecule has 39 heavy (non-hydrogen) atoms. The van der Waals surface area contributed by atoms with Crippen LogP contribution >= 0.6 is 0 Å². The molecule has 1 atom stereocenters. The molecule has 0 spiro atoms. The minimum atomic E-state index is -0.509. The van der Waals surface area contributed by atoms with E-state index >= 15 is 0 Å². The highest BCUT2D eigenvalue weighted by Crippen LogP contribution is 2.41. The van der Waals surface area contributed by atoms with Crippen LogP contribution in [0.5, 0.6) is 17.2 Å². The number of aliphatic hydroxyl groups is 1. The summed E-state index contributed by atoms with van der Waals surface area (Å²) in [7, 11) is 4.62. The molecule has 0 radical (unpaired) electrons. The number of aliphatic hydroxyl groups excluding tert-OH is 1. The van der Waals surface area contributed by atoms with E-state index in [0.29, 0.717) is 57.1 Å². The lowest BCUT2D eigenvalue weighted by Crippen LogP contribution is -2.39. The first-order valence-electron chi connectivity index (χ1n) is 12.4. The molecule has 0 saturated carbocycles. The van der Waals surface area contributed by atoms with Gasteiger partial charge in [0.15, 0.2) is 11.5 Å². The zero-order chi connectivity index (χ0) is 27.5. The van der Waals surface area contributed by atoms with Gasteiger partial charge in [-0.15, -0.1) is 0 Å². The van der Waals surface area contributed by atoms with Gasteiger partial charge in [-0.05, 0) is 54.4 Å². The lowest BCUT2D eigenvalue weighted by molar-refractivity contribution is 0.0918. The second kappa shape index (κ2) is 10.9. The topological polar surface area (TPSA) is 132 Å². The van der Waals surface area contributed by atoms with Gasteiger partial charge in [-0.25, -0.2) is 4.98 Å². The van der Waals surface area contributed by atoms with Gasteiger partial charge in [0.25, 0.3) is 5.91 Å². The van der Waals surface area contributed by atoms with Crippen molar-refractivity contribution in [2.45, 2.75) is 12.5 Å². The van der Waals surface area contributed by atoms with Gasteiger partial charge in [0, 0.05) is 33.7 Å². The molecule has 5 N–H and O–H groups in total. The number of rotatable bonds is 9. The van der Waals surface area contributed by atoms with Gasteiger partial charge >= 0.3 is 0 Å². The molecule has 9 heteroatoms. The Morgan fingerprint density at radius 3 is 2.44 bits per heavy atom. The summed E-state index contributed by atoms with van der Waals surface area (Å²) in [6.45, 7) is -0.226. The fraction of sp³-hybridized carbons (Fsp3) is 0.200. The predicted octanol–water partition coefficient (Wildman–Crippen LogP) is 4.32. The Balaban J connectivity index is 1.54. The summed E-state index contributed by atoms with van der Waals surface area (Å²) in [6, 6.07) is 17.9. The van der Waals surface area contributed by atoms with Gasteiger partial charge in [-0.2, -0.15) is 0 Å². The molecule has 0 aliphatic carbocycles. The van der Waals surface area contributed by atoms with E-state index in [1.54, 1.807) is 50.6 Å². The van der Waals surface area contributed by atoms with E-state index in [0.717, 1.165) is 16.5 Å². The third kappa shape index (κ3) is 5.04. The Bertz CT molecular complexity index is 1640. The molecular weight excluding hydrogens is 496 g/mol. The smallest absolute Gasteiger partial charge is 0.252 e. The van der Waals surface area contributed by atoms with Gasteiger partial charge in [0.2, 0.25) is 5.75 Å². The van der Waals surface area contributed by atoms with E-state index in [1.165, 1.54) is 7.11 Å². The van der Waals surface area contributed by atoms with Gasteiger partial charge in [0.1, 0.15) is 0 Å². The molecular formula is C30H30N4O5. The van der Waals surface area contributed by atoms with E-state index in [4.69, 9.17) is 24.9 Å². The fourth-order valence-electron chi connectivity index (χ4n) is 4.80. The molecule has 200 valence electrons. The second-order valence-electron chi connectivity index (χ2n) is 9.16. The number of ether oxygens (including phenoxy) is 3. The molecule has 1 amide bonds. The molecule has 0 bridgehead atoms. The maximum absolute atomic E-state index is 13.7. The number of carbonyl (C=O) groups is 1. The minimum Gasteiger partial charge on any atom is -0.493 e. The van der Waals surface area contributed by atoms with Crippen molar-refractivity contribution in [2.24, 2.45) is 0 Å². The number of carbonyl (C=O) groups excluding carboxylic acids is 1. The summed E-state index contributed by atoms with van der Waals surface area (Å²) in [6.07, 6.45) is 2.36. The van der Waals surface area contributed by atoms with Crippen molar-refractivity contribution in [3.63, 3.8) is 0 Å². The molecule has 3 aromatic carbocycles. The number of hydrogen-bond donors (Lipinski definition) is 4. The number of nitrogens with one attached hydrogen (secondary N) is 2. The standard InChI is InChI=1S/C30H30N4O5/c1-37-27-11-17(12-28(38-2)29(27)39-3)26-14-23(22-13-19(31)8-9-25(22)34-26)30(36)33-20(16-35)10-18-15-32-24-7-5-4-6-21(18)24/h4-9,11-15,20,32,35H,10,16,31H2,1-3H3,(H,33,36)/t20-/m1/s1. The fourth-order valence-corrected chi connectivity index (χ4v) is 4.80. The summed E-state index contributed by atoms with van der Waals surface area (Å²) in [5.74, 6) is 1.05. The SMILES string of the molecule is COc1cc(-c2cc(C(=O)N[C@@H](CO)Cc3c[nH]c4ccccc34)c3cc(N)ccc3n2)cc(OC)c1OC. The normalized spacial score (nSPS) is 11.9. The number of nitrogens with zero attached hydrogens (tertiary/aromatic N) is 1. The van der Waals surface area contributed by atoms with Crippen LogP contribution in [-0.4, -0.2) is 55.0 Å².